The average molecular weight is 409 g/mol. The van der Waals surface area contributed by atoms with E-state index in [1.54, 1.807) is 11.0 Å². The summed E-state index contributed by atoms with van der Waals surface area (Å²) in [7, 11) is 0. The molecule has 1 aliphatic heterocycles. The maximum absolute atomic E-state index is 13.3. The van der Waals surface area contributed by atoms with Crippen LogP contribution in [0.2, 0.25) is 0 Å². The molecular formula is C23H27N3O4. The number of carbonyl (C=O) groups excluding carboxylic acids is 3. The second kappa shape index (κ2) is 9.15. The Kier molecular flexibility index (Phi) is 6.16. The Bertz CT molecular complexity index is 881. The Morgan fingerprint density at radius 2 is 1.77 bits per heavy atom. The van der Waals surface area contributed by atoms with Crippen LogP contribution in [0.5, 0.6) is 0 Å². The van der Waals surface area contributed by atoms with Crippen LogP contribution in [0.3, 0.4) is 0 Å². The molecule has 1 saturated heterocycles. The molecule has 4 rings (SSSR count). The van der Waals surface area contributed by atoms with Crippen LogP contribution in [-0.2, 0) is 4.79 Å². The van der Waals surface area contributed by atoms with E-state index >= 15 is 0 Å². The molecule has 0 bridgehead atoms. The molecule has 2 unspecified atom stereocenters. The highest BCUT2D eigenvalue weighted by molar-refractivity contribution is 5.95. The quantitative estimate of drug-likeness (QED) is 0.826. The van der Waals surface area contributed by atoms with Crippen molar-refractivity contribution in [1.29, 1.82) is 0 Å². The van der Waals surface area contributed by atoms with Gasteiger partial charge >= 0.3 is 0 Å². The highest BCUT2D eigenvalue weighted by atomic mass is 16.3. The van der Waals surface area contributed by atoms with Crippen LogP contribution in [-0.4, -0.2) is 59.7 Å². The monoisotopic (exact) mass is 409 g/mol. The van der Waals surface area contributed by atoms with E-state index in [0.29, 0.717) is 43.7 Å². The first-order valence-corrected chi connectivity index (χ1v) is 10.6. The molecular weight excluding hydrogens is 382 g/mol. The smallest absolute Gasteiger partial charge is 0.257 e. The minimum atomic E-state index is -0.200. The van der Waals surface area contributed by atoms with Crippen molar-refractivity contribution in [3.63, 3.8) is 0 Å². The van der Waals surface area contributed by atoms with Gasteiger partial charge in [-0.05, 0) is 37.5 Å². The standard InChI is InChI=1S/C23H27N3O4/c27-21-19-8-4-9-20(19)26(23(29)17-6-2-1-3-7-17)13-5-12-25(14-11-24-21)22(28)18-10-15-30-16-18/h1-3,6-7,10,15-16,19-20H,4-5,8-9,11-14H2,(H,24,27). The number of rotatable bonds is 2. The van der Waals surface area contributed by atoms with Crippen LogP contribution in [0, 0.1) is 5.92 Å². The van der Waals surface area contributed by atoms with Crippen molar-refractivity contribution in [2.75, 3.05) is 26.2 Å². The number of carbonyl (C=O) groups is 3. The lowest BCUT2D eigenvalue weighted by Crippen LogP contribution is -2.47. The predicted molar refractivity (Wildman–Crippen MR) is 111 cm³/mol. The minimum absolute atomic E-state index is 0.0269. The van der Waals surface area contributed by atoms with Crippen molar-refractivity contribution < 1.29 is 18.8 Å². The van der Waals surface area contributed by atoms with Gasteiger partial charge in [0.05, 0.1) is 17.7 Å². The number of nitrogens with zero attached hydrogens (tertiary/aromatic N) is 2. The van der Waals surface area contributed by atoms with Crippen molar-refractivity contribution in [3.05, 3.63) is 60.1 Å². The molecule has 2 aliphatic rings. The van der Waals surface area contributed by atoms with Crippen LogP contribution in [0.25, 0.3) is 0 Å². The molecule has 2 heterocycles. The third kappa shape index (κ3) is 4.25. The molecule has 2 atom stereocenters. The predicted octanol–water partition coefficient (Wildman–Crippen LogP) is 2.55. The van der Waals surface area contributed by atoms with Gasteiger partial charge in [0.15, 0.2) is 0 Å². The summed E-state index contributed by atoms with van der Waals surface area (Å²) in [5.74, 6) is -0.402. The van der Waals surface area contributed by atoms with E-state index in [-0.39, 0.29) is 29.7 Å². The molecule has 2 aromatic rings. The minimum Gasteiger partial charge on any atom is -0.472 e. The molecule has 7 nitrogen and oxygen atoms in total. The van der Waals surface area contributed by atoms with Crippen LogP contribution in [0.1, 0.15) is 46.4 Å². The molecule has 1 aromatic heterocycles. The average Bonchev–Trinajstić information content (AvgIpc) is 3.47. The van der Waals surface area contributed by atoms with Gasteiger partial charge in [0.25, 0.3) is 11.8 Å². The van der Waals surface area contributed by atoms with Gasteiger partial charge in [0.2, 0.25) is 5.91 Å². The molecule has 1 N–H and O–H groups in total. The largest absolute Gasteiger partial charge is 0.472 e. The Balaban J connectivity index is 1.56. The number of nitrogens with one attached hydrogen (secondary N) is 1. The van der Waals surface area contributed by atoms with Gasteiger partial charge < -0.3 is 19.5 Å². The third-order valence-corrected chi connectivity index (χ3v) is 6.06. The molecule has 3 amide bonds. The number of fused-ring (bicyclic) bond motifs is 1. The summed E-state index contributed by atoms with van der Waals surface area (Å²) in [6.45, 7) is 1.85. The van der Waals surface area contributed by atoms with Gasteiger partial charge in [0, 0.05) is 37.8 Å². The fourth-order valence-electron chi connectivity index (χ4n) is 4.54. The van der Waals surface area contributed by atoms with Gasteiger partial charge in [-0.3, -0.25) is 14.4 Å². The van der Waals surface area contributed by atoms with Gasteiger partial charge in [-0.15, -0.1) is 0 Å². The Labute approximate surface area is 176 Å². The fourth-order valence-corrected chi connectivity index (χ4v) is 4.54. The van der Waals surface area contributed by atoms with E-state index in [0.717, 1.165) is 19.3 Å². The molecule has 1 aromatic carbocycles. The first-order valence-electron chi connectivity index (χ1n) is 10.6. The zero-order valence-electron chi connectivity index (χ0n) is 17.0. The lowest BCUT2D eigenvalue weighted by molar-refractivity contribution is -0.126. The Morgan fingerprint density at radius 1 is 0.933 bits per heavy atom. The van der Waals surface area contributed by atoms with Crippen molar-refractivity contribution in [2.45, 2.75) is 31.7 Å². The lowest BCUT2D eigenvalue weighted by atomic mass is 9.99. The number of amides is 3. The van der Waals surface area contributed by atoms with E-state index in [1.807, 2.05) is 35.2 Å². The SMILES string of the molecule is O=C1NCCN(C(=O)c2ccoc2)CCCN(C(=O)c2ccccc2)C2CCCC12. The lowest BCUT2D eigenvalue weighted by Gasteiger charge is -2.33. The van der Waals surface area contributed by atoms with E-state index in [2.05, 4.69) is 5.32 Å². The first kappa shape index (κ1) is 20.2. The molecule has 2 fully saturated rings. The van der Waals surface area contributed by atoms with E-state index in [9.17, 15) is 14.4 Å². The number of furan rings is 1. The fraction of sp³-hybridized carbons (Fsp3) is 0.435. The molecule has 30 heavy (non-hydrogen) atoms. The number of hydrogen-bond donors (Lipinski definition) is 1. The maximum Gasteiger partial charge on any atom is 0.257 e. The van der Waals surface area contributed by atoms with Crippen molar-refractivity contribution >= 4 is 17.7 Å². The first-order chi connectivity index (χ1) is 14.6. The molecule has 158 valence electrons. The van der Waals surface area contributed by atoms with Crippen molar-refractivity contribution in [3.8, 4) is 0 Å². The summed E-state index contributed by atoms with van der Waals surface area (Å²) < 4.78 is 5.04. The van der Waals surface area contributed by atoms with Crippen LogP contribution in [0.15, 0.2) is 53.3 Å². The summed E-state index contributed by atoms with van der Waals surface area (Å²) in [4.78, 5) is 42.5. The Hall–Kier alpha value is -3.09. The topological polar surface area (TPSA) is 82.9 Å². The third-order valence-electron chi connectivity index (χ3n) is 6.06. The maximum atomic E-state index is 13.3. The summed E-state index contributed by atoms with van der Waals surface area (Å²) in [6, 6.07) is 10.7. The van der Waals surface area contributed by atoms with Gasteiger partial charge in [0.1, 0.15) is 6.26 Å². The van der Waals surface area contributed by atoms with Gasteiger partial charge in [-0.2, -0.15) is 0 Å². The van der Waals surface area contributed by atoms with Crippen molar-refractivity contribution in [2.24, 2.45) is 5.92 Å². The Morgan fingerprint density at radius 3 is 2.53 bits per heavy atom. The van der Waals surface area contributed by atoms with Crippen LogP contribution in [0.4, 0.5) is 0 Å². The van der Waals surface area contributed by atoms with Gasteiger partial charge in [-0.1, -0.05) is 24.6 Å². The van der Waals surface area contributed by atoms with Crippen LogP contribution >= 0.6 is 0 Å². The molecule has 0 spiro atoms. The van der Waals surface area contributed by atoms with Crippen molar-refractivity contribution in [1.82, 2.24) is 15.1 Å². The normalized spacial score (nSPS) is 22.7. The zero-order chi connectivity index (χ0) is 20.9. The summed E-state index contributed by atoms with van der Waals surface area (Å²) in [5, 5.41) is 2.99. The summed E-state index contributed by atoms with van der Waals surface area (Å²) in [5.41, 5.74) is 1.12. The number of hydrogen-bond acceptors (Lipinski definition) is 4. The second-order valence-electron chi connectivity index (χ2n) is 7.92. The summed E-state index contributed by atoms with van der Waals surface area (Å²) in [6.07, 6.45) is 6.11. The molecule has 1 saturated carbocycles. The van der Waals surface area contributed by atoms with E-state index in [4.69, 9.17) is 4.42 Å². The highest BCUT2D eigenvalue weighted by Crippen LogP contribution is 2.31. The molecule has 7 heteroatoms. The summed E-state index contributed by atoms with van der Waals surface area (Å²) >= 11 is 0. The van der Waals surface area contributed by atoms with E-state index < -0.39 is 0 Å². The zero-order valence-corrected chi connectivity index (χ0v) is 17.0. The molecule has 1 aliphatic carbocycles. The van der Waals surface area contributed by atoms with Crippen LogP contribution < -0.4 is 5.32 Å². The molecule has 0 radical (unpaired) electrons. The van der Waals surface area contributed by atoms with E-state index in [1.165, 1.54) is 12.5 Å². The van der Waals surface area contributed by atoms with Gasteiger partial charge in [-0.25, -0.2) is 0 Å². The number of benzene rings is 1. The highest BCUT2D eigenvalue weighted by Gasteiger charge is 2.39. The second-order valence-corrected chi connectivity index (χ2v) is 7.92.